The van der Waals surface area contributed by atoms with Crippen LogP contribution in [0.3, 0.4) is 0 Å². The summed E-state index contributed by atoms with van der Waals surface area (Å²) in [6.07, 6.45) is 4.19. The van der Waals surface area contributed by atoms with E-state index in [0.717, 1.165) is 26.6 Å². The number of nitrogens with one attached hydrogen (secondary N) is 3. The maximum Gasteiger partial charge on any atom is 0.262 e. The van der Waals surface area contributed by atoms with Gasteiger partial charge in [0.15, 0.2) is 0 Å². The van der Waals surface area contributed by atoms with Gasteiger partial charge < -0.3 is 10.3 Å². The highest BCUT2D eigenvalue weighted by Crippen LogP contribution is 2.16. The molecule has 25 heavy (non-hydrogen) atoms. The first-order valence-electron chi connectivity index (χ1n) is 8.08. The van der Waals surface area contributed by atoms with E-state index >= 15 is 0 Å². The molecule has 0 aliphatic heterocycles. The van der Waals surface area contributed by atoms with Crippen LogP contribution in [0.4, 0.5) is 5.69 Å². The van der Waals surface area contributed by atoms with Gasteiger partial charge in [-0.3, -0.25) is 4.79 Å². The van der Waals surface area contributed by atoms with Crippen LogP contribution < -0.4 is 10.7 Å². The van der Waals surface area contributed by atoms with Crippen molar-refractivity contribution in [1.29, 1.82) is 0 Å². The molecule has 1 amide bonds. The number of halogens is 1. The first-order valence-corrected chi connectivity index (χ1v) is 8.88. The Morgan fingerprint density at radius 3 is 2.76 bits per heavy atom. The monoisotopic (exact) mass is 398 g/mol. The van der Waals surface area contributed by atoms with Crippen molar-refractivity contribution in [1.82, 2.24) is 10.4 Å². The summed E-state index contributed by atoms with van der Waals surface area (Å²) in [6, 6.07) is 15.3. The maximum atomic E-state index is 12.3. The molecule has 3 aromatic rings. The van der Waals surface area contributed by atoms with Crippen molar-refractivity contribution in [3.8, 4) is 0 Å². The van der Waals surface area contributed by atoms with Crippen molar-refractivity contribution in [2.75, 3.05) is 5.32 Å². The van der Waals surface area contributed by atoms with Crippen molar-refractivity contribution in [3.05, 3.63) is 64.8 Å². The second-order valence-electron chi connectivity index (χ2n) is 5.64. The molecule has 5 nitrogen and oxygen atoms in total. The molecule has 3 N–H and O–H groups in total. The lowest BCUT2D eigenvalue weighted by Crippen LogP contribution is -2.36. The minimum atomic E-state index is -0.346. The molecule has 0 radical (unpaired) electrons. The molecule has 0 saturated carbocycles. The van der Waals surface area contributed by atoms with Crippen LogP contribution in [-0.4, -0.2) is 23.1 Å². The van der Waals surface area contributed by atoms with Crippen molar-refractivity contribution < 1.29 is 4.79 Å². The number of anilines is 1. The lowest BCUT2D eigenvalue weighted by molar-refractivity contribution is -0.121. The van der Waals surface area contributed by atoms with Crippen molar-refractivity contribution >= 4 is 44.6 Å². The molecule has 1 heterocycles. The zero-order valence-electron chi connectivity index (χ0n) is 13.8. The fourth-order valence-electron chi connectivity index (χ4n) is 2.54. The number of H-pyrrole nitrogens is 1. The van der Waals surface area contributed by atoms with Crippen molar-refractivity contribution in [2.45, 2.75) is 19.4 Å². The summed E-state index contributed by atoms with van der Waals surface area (Å²) in [4.78, 5) is 15.5. The summed E-state index contributed by atoms with van der Waals surface area (Å²) >= 11 is 3.40. The van der Waals surface area contributed by atoms with Crippen molar-refractivity contribution in [3.63, 3.8) is 0 Å². The van der Waals surface area contributed by atoms with Crippen LogP contribution in [0.1, 0.15) is 18.9 Å². The average molecular weight is 399 g/mol. The molecule has 6 heteroatoms. The quantitative estimate of drug-likeness (QED) is 0.428. The van der Waals surface area contributed by atoms with Gasteiger partial charge in [0.05, 0.1) is 6.21 Å². The number of aromatic nitrogens is 1. The summed E-state index contributed by atoms with van der Waals surface area (Å²) in [6.45, 7) is 1.96. The fourth-order valence-corrected chi connectivity index (χ4v) is 2.81. The normalized spacial score (nSPS) is 12.4. The average Bonchev–Trinajstić information content (AvgIpc) is 3.04. The summed E-state index contributed by atoms with van der Waals surface area (Å²) in [5, 5.41) is 8.38. The topological polar surface area (TPSA) is 69.3 Å². The molecule has 1 aromatic heterocycles. The summed E-state index contributed by atoms with van der Waals surface area (Å²) in [5.74, 6) is -0.165. The third kappa shape index (κ3) is 4.28. The van der Waals surface area contributed by atoms with Crippen LogP contribution in [-0.2, 0) is 4.79 Å². The highest BCUT2D eigenvalue weighted by atomic mass is 79.9. The number of nitrogens with zero attached hydrogens (tertiary/aromatic N) is 1. The zero-order valence-corrected chi connectivity index (χ0v) is 15.4. The predicted octanol–water partition coefficient (Wildman–Crippen LogP) is 4.27. The van der Waals surface area contributed by atoms with Gasteiger partial charge in [-0.25, -0.2) is 5.43 Å². The van der Waals surface area contributed by atoms with E-state index < -0.39 is 0 Å². The number of carbonyl (C=O) groups excluding carboxylic acids is 1. The Hall–Kier alpha value is -2.60. The molecule has 2 aromatic carbocycles. The molecule has 0 aliphatic carbocycles. The Morgan fingerprint density at radius 2 is 2.00 bits per heavy atom. The van der Waals surface area contributed by atoms with Crippen LogP contribution in [0, 0.1) is 0 Å². The molecular weight excluding hydrogens is 380 g/mol. The number of carbonyl (C=O) groups is 1. The molecule has 0 fully saturated rings. The van der Waals surface area contributed by atoms with Crippen molar-refractivity contribution in [2.24, 2.45) is 5.10 Å². The van der Waals surface area contributed by atoms with Gasteiger partial charge in [-0.1, -0.05) is 41.1 Å². The molecule has 0 bridgehead atoms. The Labute approximate surface area is 154 Å². The Balaban J connectivity index is 1.62. The number of hydrogen-bond donors (Lipinski definition) is 3. The Bertz CT molecular complexity index is 886. The Kier molecular flexibility index (Phi) is 5.50. The van der Waals surface area contributed by atoms with E-state index in [1.54, 1.807) is 6.21 Å². The first-order chi connectivity index (χ1) is 12.2. The van der Waals surface area contributed by atoms with Crippen LogP contribution in [0.25, 0.3) is 10.9 Å². The molecule has 0 saturated heterocycles. The van der Waals surface area contributed by atoms with Gasteiger partial charge >= 0.3 is 0 Å². The van der Waals surface area contributed by atoms with E-state index in [-0.39, 0.29) is 11.9 Å². The molecular formula is C19H19BrN4O. The second kappa shape index (κ2) is 7.98. The minimum absolute atomic E-state index is 0.165. The molecule has 1 atom stereocenters. The lowest BCUT2D eigenvalue weighted by atomic mass is 10.2. The van der Waals surface area contributed by atoms with Gasteiger partial charge in [-0.2, -0.15) is 5.10 Å². The van der Waals surface area contributed by atoms with Crippen LogP contribution in [0.5, 0.6) is 0 Å². The molecule has 0 unspecified atom stereocenters. The number of fused-ring (bicyclic) bond motifs is 1. The van der Waals surface area contributed by atoms with Gasteiger partial charge in [0.25, 0.3) is 5.91 Å². The van der Waals surface area contributed by atoms with Gasteiger partial charge in [0, 0.05) is 32.8 Å². The SMILES string of the molecule is CC[C@H](Nc1ccc(Br)cc1)C(=O)N/N=C\c1c[nH]c2ccccc12. The smallest absolute Gasteiger partial charge is 0.262 e. The number of aromatic amines is 1. The number of hydrogen-bond acceptors (Lipinski definition) is 3. The predicted molar refractivity (Wildman–Crippen MR) is 106 cm³/mol. The summed E-state index contributed by atoms with van der Waals surface area (Å²) in [5.41, 5.74) is 5.48. The van der Waals surface area contributed by atoms with Gasteiger partial charge in [0.1, 0.15) is 6.04 Å². The van der Waals surface area contributed by atoms with Crippen LogP contribution >= 0.6 is 15.9 Å². The number of hydrazone groups is 1. The van der Waals surface area contributed by atoms with E-state index in [0.29, 0.717) is 6.42 Å². The maximum absolute atomic E-state index is 12.3. The van der Waals surface area contributed by atoms with Crippen LogP contribution in [0.2, 0.25) is 0 Å². The fraction of sp³-hybridized carbons (Fsp3) is 0.158. The molecule has 3 rings (SSSR count). The standard InChI is InChI=1S/C19H19BrN4O/c1-2-17(23-15-9-7-14(20)8-10-15)19(25)24-22-12-13-11-21-18-6-4-3-5-16(13)18/h3-12,17,21,23H,2H2,1H3,(H,24,25)/b22-12-/t17-/m0/s1. The van der Waals surface area contributed by atoms with E-state index in [9.17, 15) is 4.79 Å². The second-order valence-corrected chi connectivity index (χ2v) is 6.55. The van der Waals surface area contributed by atoms with Gasteiger partial charge in [-0.15, -0.1) is 0 Å². The van der Waals surface area contributed by atoms with E-state index in [2.05, 4.69) is 36.8 Å². The highest BCUT2D eigenvalue weighted by molar-refractivity contribution is 9.10. The van der Waals surface area contributed by atoms with Crippen LogP contribution in [0.15, 0.2) is 64.3 Å². The largest absolute Gasteiger partial charge is 0.374 e. The minimum Gasteiger partial charge on any atom is -0.374 e. The number of benzene rings is 2. The third-order valence-corrected chi connectivity index (χ3v) is 4.44. The van der Waals surface area contributed by atoms with E-state index in [1.807, 2.05) is 61.7 Å². The number of rotatable bonds is 6. The summed E-state index contributed by atoms with van der Waals surface area (Å²) in [7, 11) is 0. The highest BCUT2D eigenvalue weighted by Gasteiger charge is 2.15. The molecule has 0 spiro atoms. The summed E-state index contributed by atoms with van der Waals surface area (Å²) < 4.78 is 0.999. The number of amides is 1. The molecule has 0 aliphatic rings. The number of para-hydroxylation sites is 1. The third-order valence-electron chi connectivity index (χ3n) is 3.91. The van der Waals surface area contributed by atoms with Gasteiger partial charge in [-0.05, 0) is 36.8 Å². The first kappa shape index (κ1) is 17.2. The lowest BCUT2D eigenvalue weighted by Gasteiger charge is -2.16. The van der Waals surface area contributed by atoms with Gasteiger partial charge in [0.2, 0.25) is 0 Å². The van der Waals surface area contributed by atoms with E-state index in [1.165, 1.54) is 0 Å². The molecule has 128 valence electrons. The van der Waals surface area contributed by atoms with E-state index in [4.69, 9.17) is 0 Å². The zero-order chi connectivity index (χ0) is 17.6. The Morgan fingerprint density at radius 1 is 1.24 bits per heavy atom.